The third-order valence-electron chi connectivity index (χ3n) is 4.20. The minimum absolute atomic E-state index is 0.0175. The van der Waals surface area contributed by atoms with Crippen molar-refractivity contribution in [3.63, 3.8) is 0 Å². The van der Waals surface area contributed by atoms with Crippen molar-refractivity contribution in [2.75, 3.05) is 38.0 Å². The second-order valence-corrected chi connectivity index (χ2v) is 6.58. The number of benzene rings is 1. The van der Waals surface area contributed by atoms with E-state index in [2.05, 4.69) is 28.8 Å². The first-order valence-corrected chi connectivity index (χ1v) is 8.87. The van der Waals surface area contributed by atoms with Crippen LogP contribution in [-0.2, 0) is 9.47 Å². The molecule has 0 radical (unpaired) electrons. The average molecular weight is 360 g/mol. The first-order valence-electron chi connectivity index (χ1n) is 8.12. The Morgan fingerprint density at radius 2 is 1.91 bits per heavy atom. The van der Waals surface area contributed by atoms with E-state index in [0.717, 1.165) is 31.9 Å². The van der Waals surface area contributed by atoms with Crippen molar-refractivity contribution < 1.29 is 9.47 Å². The van der Waals surface area contributed by atoms with Gasteiger partial charge in [-0.3, -0.25) is 9.91 Å². The lowest BCUT2D eigenvalue weighted by molar-refractivity contribution is -0.0893. The van der Waals surface area contributed by atoms with Crippen LogP contribution in [0.1, 0.15) is 20.3 Å². The molecule has 2 heterocycles. The quantitative estimate of drug-likeness (QED) is 0.802. The first-order chi connectivity index (χ1) is 11.2. The van der Waals surface area contributed by atoms with Crippen LogP contribution in [0.25, 0.3) is 0 Å². The van der Waals surface area contributed by atoms with Crippen molar-refractivity contribution >= 4 is 28.9 Å². The maximum Gasteiger partial charge on any atom is 0.193 e. The van der Waals surface area contributed by atoms with Crippen LogP contribution in [0, 0.1) is 0 Å². The Labute approximate surface area is 147 Å². The lowest BCUT2D eigenvalue weighted by atomic mass is 10.2. The van der Waals surface area contributed by atoms with Gasteiger partial charge in [-0.2, -0.15) is 0 Å². The zero-order chi connectivity index (χ0) is 16.4. The van der Waals surface area contributed by atoms with Crippen LogP contribution in [0.4, 0.5) is 5.69 Å². The Bertz CT molecular complexity index is 540. The van der Waals surface area contributed by atoms with E-state index in [4.69, 9.17) is 32.7 Å². The molecular weight excluding hydrogens is 337 g/mol. The highest BCUT2D eigenvalue weighted by Crippen LogP contribution is 2.36. The summed E-state index contributed by atoms with van der Waals surface area (Å²) in [6.45, 7) is 8.28. The van der Waals surface area contributed by atoms with Gasteiger partial charge in [-0.15, -0.1) is 0 Å². The Morgan fingerprint density at radius 3 is 2.52 bits per heavy atom. The third-order valence-corrected chi connectivity index (χ3v) is 4.74. The minimum atomic E-state index is -0.273. The van der Waals surface area contributed by atoms with Crippen molar-refractivity contribution in [1.29, 1.82) is 0 Å². The Morgan fingerprint density at radius 1 is 1.17 bits per heavy atom. The van der Waals surface area contributed by atoms with Crippen LogP contribution in [0.3, 0.4) is 0 Å². The molecule has 0 saturated carbocycles. The molecule has 0 bridgehead atoms. The number of hydrogen-bond donors (Lipinski definition) is 0. The van der Waals surface area contributed by atoms with Crippen molar-refractivity contribution in [3.05, 3.63) is 28.2 Å². The fourth-order valence-electron chi connectivity index (χ4n) is 3.22. The molecule has 7 heteroatoms. The second-order valence-electron chi connectivity index (χ2n) is 5.74. The molecular formula is C16H23Cl2N3O2. The monoisotopic (exact) mass is 359 g/mol. The largest absolute Gasteiger partial charge is 0.347 e. The van der Waals surface area contributed by atoms with Gasteiger partial charge in [0.15, 0.2) is 12.5 Å². The van der Waals surface area contributed by atoms with Gasteiger partial charge in [0.1, 0.15) is 0 Å². The van der Waals surface area contributed by atoms with Gasteiger partial charge < -0.3 is 9.47 Å². The number of nitrogens with zero attached hydrogens (tertiary/aromatic N) is 3. The Hall–Kier alpha value is -0.560. The normalized spacial score (nSPS) is 24.0. The van der Waals surface area contributed by atoms with Gasteiger partial charge in [0, 0.05) is 18.1 Å². The lowest BCUT2D eigenvalue weighted by Crippen LogP contribution is -2.51. The molecule has 2 aliphatic heterocycles. The maximum atomic E-state index is 6.48. The van der Waals surface area contributed by atoms with Gasteiger partial charge in [0.05, 0.1) is 30.6 Å². The van der Waals surface area contributed by atoms with Crippen LogP contribution >= 0.6 is 23.2 Å². The summed E-state index contributed by atoms with van der Waals surface area (Å²) < 4.78 is 11.6. The highest BCUT2D eigenvalue weighted by Gasteiger charge is 2.45. The number of halogens is 2. The van der Waals surface area contributed by atoms with Gasteiger partial charge in [0.25, 0.3) is 0 Å². The van der Waals surface area contributed by atoms with E-state index in [1.165, 1.54) is 0 Å². The van der Waals surface area contributed by atoms with Crippen molar-refractivity contribution in [2.24, 2.45) is 0 Å². The lowest BCUT2D eigenvalue weighted by Gasteiger charge is -2.36. The van der Waals surface area contributed by atoms with Gasteiger partial charge in [-0.25, -0.2) is 5.01 Å². The number of ether oxygens (including phenoxy) is 2. The second kappa shape index (κ2) is 7.55. The molecule has 0 aliphatic carbocycles. The molecule has 0 N–H and O–H groups in total. The fraction of sp³-hybridized carbons (Fsp3) is 0.625. The van der Waals surface area contributed by atoms with Gasteiger partial charge in [-0.1, -0.05) is 37.0 Å². The van der Waals surface area contributed by atoms with Crippen LogP contribution in [-0.4, -0.2) is 55.3 Å². The standard InChI is InChI=1S/C16H23Cl2N3O2/c1-3-7-19-11-20(4-2)21(15(19)16-22-8-9-23-16)14-6-5-12(17)10-13(14)18/h5-6,10,15-16H,3-4,7-9,11H2,1-2H3. The number of rotatable bonds is 5. The van der Waals surface area contributed by atoms with Crippen molar-refractivity contribution in [3.8, 4) is 0 Å². The summed E-state index contributed by atoms with van der Waals surface area (Å²) in [4.78, 5) is 2.38. The molecule has 2 aliphatic rings. The number of hydrazine groups is 1. The van der Waals surface area contributed by atoms with Gasteiger partial charge in [0.2, 0.25) is 0 Å². The molecule has 2 saturated heterocycles. The summed E-state index contributed by atoms with van der Waals surface area (Å²) in [5.41, 5.74) is 0.931. The average Bonchev–Trinajstić information content (AvgIpc) is 3.15. The zero-order valence-corrected chi connectivity index (χ0v) is 15.1. The van der Waals surface area contributed by atoms with Crippen LogP contribution < -0.4 is 5.01 Å². The molecule has 1 aromatic rings. The molecule has 1 atom stereocenters. The third kappa shape index (κ3) is 3.45. The van der Waals surface area contributed by atoms with E-state index in [1.807, 2.05) is 12.1 Å². The van der Waals surface area contributed by atoms with Gasteiger partial charge in [-0.05, 0) is 24.6 Å². The Balaban J connectivity index is 1.97. The molecule has 128 valence electrons. The van der Waals surface area contributed by atoms with E-state index in [1.54, 1.807) is 6.07 Å². The smallest absolute Gasteiger partial charge is 0.193 e. The minimum Gasteiger partial charge on any atom is -0.347 e. The highest BCUT2D eigenvalue weighted by molar-refractivity contribution is 6.36. The fourth-order valence-corrected chi connectivity index (χ4v) is 3.72. The summed E-state index contributed by atoms with van der Waals surface area (Å²) >= 11 is 12.5. The van der Waals surface area contributed by atoms with E-state index >= 15 is 0 Å². The van der Waals surface area contributed by atoms with Gasteiger partial charge >= 0.3 is 0 Å². The first kappa shape index (κ1) is 17.3. The van der Waals surface area contributed by atoms with Crippen LogP contribution in [0.15, 0.2) is 18.2 Å². The molecule has 3 rings (SSSR count). The molecule has 23 heavy (non-hydrogen) atoms. The zero-order valence-electron chi connectivity index (χ0n) is 13.5. The van der Waals surface area contributed by atoms with E-state index in [0.29, 0.717) is 23.3 Å². The predicted octanol–water partition coefficient (Wildman–Crippen LogP) is 3.42. The number of anilines is 1. The Kier molecular flexibility index (Phi) is 5.67. The molecule has 0 aromatic heterocycles. The molecule has 2 fully saturated rings. The van der Waals surface area contributed by atoms with Crippen LogP contribution in [0.2, 0.25) is 10.0 Å². The molecule has 0 amide bonds. The summed E-state index contributed by atoms with van der Waals surface area (Å²) in [5.74, 6) is 0. The molecule has 5 nitrogen and oxygen atoms in total. The summed E-state index contributed by atoms with van der Waals surface area (Å²) in [6, 6.07) is 5.61. The molecule has 1 aromatic carbocycles. The summed E-state index contributed by atoms with van der Waals surface area (Å²) in [7, 11) is 0. The van der Waals surface area contributed by atoms with Crippen molar-refractivity contribution in [2.45, 2.75) is 32.7 Å². The topological polar surface area (TPSA) is 28.2 Å². The van der Waals surface area contributed by atoms with Crippen LogP contribution in [0.5, 0.6) is 0 Å². The predicted molar refractivity (Wildman–Crippen MR) is 92.7 cm³/mol. The maximum absolute atomic E-state index is 6.48. The van der Waals surface area contributed by atoms with E-state index < -0.39 is 0 Å². The SMILES string of the molecule is CCCN1CN(CC)N(c2ccc(Cl)cc2Cl)C1C1OCCO1. The summed E-state index contributed by atoms with van der Waals surface area (Å²) in [5, 5.41) is 5.73. The molecule has 1 unspecified atom stereocenters. The van der Waals surface area contributed by atoms with E-state index in [-0.39, 0.29) is 12.5 Å². The highest BCUT2D eigenvalue weighted by atomic mass is 35.5. The summed E-state index contributed by atoms with van der Waals surface area (Å²) in [6.07, 6.45) is 0.782. The van der Waals surface area contributed by atoms with Crippen molar-refractivity contribution in [1.82, 2.24) is 9.91 Å². The van der Waals surface area contributed by atoms with E-state index in [9.17, 15) is 0 Å². The number of hydrogen-bond acceptors (Lipinski definition) is 5. The molecule has 0 spiro atoms.